The lowest BCUT2D eigenvalue weighted by Crippen LogP contribution is -2.32. The molecule has 1 aromatic carbocycles. The van der Waals surface area contributed by atoms with E-state index >= 15 is 0 Å². The Bertz CT molecular complexity index is 566. The Hall–Kier alpha value is -2.30. The molecular formula is C14H15N3O2. The molecule has 1 amide bonds. The van der Waals surface area contributed by atoms with Crippen LogP contribution < -0.4 is 10.6 Å². The lowest BCUT2D eigenvalue weighted by molar-refractivity contribution is -0.123. The summed E-state index contributed by atoms with van der Waals surface area (Å²) >= 11 is 0. The number of amides is 1. The summed E-state index contributed by atoms with van der Waals surface area (Å²) in [5, 5.41) is 9.82. The second kappa shape index (κ2) is 5.14. The Morgan fingerprint density at radius 2 is 2.32 bits per heavy atom. The van der Waals surface area contributed by atoms with E-state index < -0.39 is 0 Å². The standard InChI is InChI=1S/C14H15N3O2/c18-14(16-9-10-5-8-17-19-10)12-6-7-15-13-4-2-1-3-11(12)13/h1-5,8,12,15H,6-7,9H2,(H,16,18). The molecule has 2 aromatic rings. The molecule has 5 nitrogen and oxygen atoms in total. The first-order chi connectivity index (χ1) is 9.34. The molecule has 2 heterocycles. The van der Waals surface area contributed by atoms with E-state index in [0.29, 0.717) is 12.3 Å². The van der Waals surface area contributed by atoms with Crippen LogP contribution in [0, 0.1) is 0 Å². The fourth-order valence-corrected chi connectivity index (χ4v) is 2.37. The molecule has 0 saturated carbocycles. The summed E-state index contributed by atoms with van der Waals surface area (Å²) in [4.78, 5) is 12.3. The molecule has 0 aliphatic carbocycles. The average Bonchev–Trinajstić information content (AvgIpc) is 2.97. The quantitative estimate of drug-likeness (QED) is 0.881. The number of carbonyl (C=O) groups excluding carboxylic acids is 1. The van der Waals surface area contributed by atoms with Gasteiger partial charge in [-0.25, -0.2) is 0 Å². The van der Waals surface area contributed by atoms with Crippen molar-refractivity contribution in [3.05, 3.63) is 47.9 Å². The van der Waals surface area contributed by atoms with Crippen LogP contribution in [0.5, 0.6) is 0 Å². The molecule has 0 saturated heterocycles. The van der Waals surface area contributed by atoms with Crippen molar-refractivity contribution in [1.82, 2.24) is 10.5 Å². The average molecular weight is 257 g/mol. The first-order valence-corrected chi connectivity index (χ1v) is 6.34. The molecule has 0 spiro atoms. The summed E-state index contributed by atoms with van der Waals surface area (Å²) in [7, 11) is 0. The molecule has 0 radical (unpaired) electrons. The van der Waals surface area contributed by atoms with E-state index in [9.17, 15) is 4.79 Å². The molecule has 1 aliphatic rings. The molecule has 0 bridgehead atoms. The van der Waals surface area contributed by atoms with Crippen molar-refractivity contribution in [2.24, 2.45) is 0 Å². The molecule has 98 valence electrons. The first-order valence-electron chi connectivity index (χ1n) is 6.34. The van der Waals surface area contributed by atoms with Crippen molar-refractivity contribution in [3.63, 3.8) is 0 Å². The number of anilines is 1. The van der Waals surface area contributed by atoms with E-state index in [2.05, 4.69) is 15.8 Å². The van der Waals surface area contributed by atoms with E-state index in [1.54, 1.807) is 12.3 Å². The molecule has 19 heavy (non-hydrogen) atoms. The summed E-state index contributed by atoms with van der Waals surface area (Å²) in [6.07, 6.45) is 2.38. The minimum Gasteiger partial charge on any atom is -0.385 e. The van der Waals surface area contributed by atoms with Crippen molar-refractivity contribution in [2.75, 3.05) is 11.9 Å². The third-order valence-corrected chi connectivity index (χ3v) is 3.33. The molecule has 1 aromatic heterocycles. The third-order valence-electron chi connectivity index (χ3n) is 3.33. The molecule has 1 unspecified atom stereocenters. The van der Waals surface area contributed by atoms with Gasteiger partial charge in [-0.15, -0.1) is 0 Å². The fourth-order valence-electron chi connectivity index (χ4n) is 2.37. The van der Waals surface area contributed by atoms with Gasteiger partial charge in [0.05, 0.1) is 18.7 Å². The van der Waals surface area contributed by atoms with Crippen LogP contribution in [0.4, 0.5) is 5.69 Å². The van der Waals surface area contributed by atoms with Crippen LogP contribution in [0.25, 0.3) is 0 Å². The van der Waals surface area contributed by atoms with Crippen LogP contribution in [0.15, 0.2) is 41.1 Å². The molecule has 2 N–H and O–H groups in total. The van der Waals surface area contributed by atoms with Crippen LogP contribution in [-0.4, -0.2) is 17.6 Å². The lowest BCUT2D eigenvalue weighted by atomic mass is 9.90. The topological polar surface area (TPSA) is 67.2 Å². The number of hydrogen-bond donors (Lipinski definition) is 2. The predicted octanol–water partition coefficient (Wildman–Crippen LogP) is 1.89. The Morgan fingerprint density at radius 1 is 1.42 bits per heavy atom. The Morgan fingerprint density at radius 3 is 3.16 bits per heavy atom. The zero-order chi connectivity index (χ0) is 13.1. The van der Waals surface area contributed by atoms with Gasteiger partial charge in [-0.1, -0.05) is 23.4 Å². The van der Waals surface area contributed by atoms with Gasteiger partial charge in [0.25, 0.3) is 0 Å². The zero-order valence-corrected chi connectivity index (χ0v) is 10.4. The normalized spacial score (nSPS) is 17.4. The zero-order valence-electron chi connectivity index (χ0n) is 10.4. The van der Waals surface area contributed by atoms with Crippen LogP contribution in [-0.2, 0) is 11.3 Å². The van der Waals surface area contributed by atoms with Crippen molar-refractivity contribution >= 4 is 11.6 Å². The van der Waals surface area contributed by atoms with Crippen LogP contribution in [0.3, 0.4) is 0 Å². The summed E-state index contributed by atoms with van der Waals surface area (Å²) in [6.45, 7) is 1.20. The van der Waals surface area contributed by atoms with E-state index in [1.165, 1.54) is 0 Å². The van der Waals surface area contributed by atoms with Gasteiger partial charge in [-0.3, -0.25) is 4.79 Å². The number of para-hydroxylation sites is 1. The van der Waals surface area contributed by atoms with Gasteiger partial charge in [0.15, 0.2) is 5.76 Å². The monoisotopic (exact) mass is 257 g/mol. The van der Waals surface area contributed by atoms with Gasteiger partial charge in [-0.2, -0.15) is 0 Å². The molecule has 3 rings (SSSR count). The van der Waals surface area contributed by atoms with Gasteiger partial charge in [0.1, 0.15) is 0 Å². The summed E-state index contributed by atoms with van der Waals surface area (Å²) in [5.74, 6) is 0.598. The number of carbonyl (C=O) groups is 1. The van der Waals surface area contributed by atoms with Crippen molar-refractivity contribution in [1.29, 1.82) is 0 Å². The highest BCUT2D eigenvalue weighted by Crippen LogP contribution is 2.31. The van der Waals surface area contributed by atoms with Gasteiger partial charge < -0.3 is 15.2 Å². The van der Waals surface area contributed by atoms with Crippen LogP contribution in [0.2, 0.25) is 0 Å². The number of hydrogen-bond acceptors (Lipinski definition) is 4. The molecule has 5 heteroatoms. The van der Waals surface area contributed by atoms with Crippen molar-refractivity contribution in [2.45, 2.75) is 18.9 Å². The summed E-state index contributed by atoms with van der Waals surface area (Å²) < 4.78 is 4.96. The number of fused-ring (bicyclic) bond motifs is 1. The molecule has 1 atom stereocenters. The van der Waals surface area contributed by atoms with Crippen molar-refractivity contribution < 1.29 is 9.32 Å². The SMILES string of the molecule is O=C(NCc1ccno1)C1CCNc2ccccc21. The maximum Gasteiger partial charge on any atom is 0.228 e. The second-order valence-corrected chi connectivity index (χ2v) is 4.55. The van der Waals surface area contributed by atoms with Crippen molar-refractivity contribution in [3.8, 4) is 0 Å². The number of nitrogens with zero attached hydrogens (tertiary/aromatic N) is 1. The first kappa shape index (κ1) is 11.8. The van der Waals surface area contributed by atoms with Gasteiger partial charge in [-0.05, 0) is 18.1 Å². The maximum atomic E-state index is 12.3. The minimum absolute atomic E-state index is 0.0327. The number of rotatable bonds is 3. The molecule has 1 aliphatic heterocycles. The highest BCUT2D eigenvalue weighted by molar-refractivity contribution is 5.86. The minimum atomic E-state index is -0.0969. The lowest BCUT2D eigenvalue weighted by Gasteiger charge is -2.25. The highest BCUT2D eigenvalue weighted by Gasteiger charge is 2.25. The van der Waals surface area contributed by atoms with Gasteiger partial charge in [0, 0.05) is 18.3 Å². The third kappa shape index (κ3) is 2.45. The number of aromatic nitrogens is 1. The largest absolute Gasteiger partial charge is 0.385 e. The highest BCUT2D eigenvalue weighted by atomic mass is 16.5. The smallest absolute Gasteiger partial charge is 0.228 e. The summed E-state index contributed by atoms with van der Waals surface area (Å²) in [6, 6.07) is 9.69. The second-order valence-electron chi connectivity index (χ2n) is 4.55. The number of nitrogens with one attached hydrogen (secondary N) is 2. The Balaban J connectivity index is 1.71. The van der Waals surface area contributed by atoms with E-state index in [-0.39, 0.29) is 11.8 Å². The number of benzene rings is 1. The van der Waals surface area contributed by atoms with E-state index in [1.807, 2.05) is 24.3 Å². The van der Waals surface area contributed by atoms with Crippen LogP contribution in [0.1, 0.15) is 23.7 Å². The van der Waals surface area contributed by atoms with E-state index in [4.69, 9.17) is 4.52 Å². The van der Waals surface area contributed by atoms with Gasteiger partial charge >= 0.3 is 0 Å². The fraction of sp³-hybridized carbons (Fsp3) is 0.286. The predicted molar refractivity (Wildman–Crippen MR) is 70.6 cm³/mol. The summed E-state index contributed by atoms with van der Waals surface area (Å²) in [5.41, 5.74) is 2.11. The Kier molecular flexibility index (Phi) is 3.18. The maximum absolute atomic E-state index is 12.3. The van der Waals surface area contributed by atoms with Gasteiger partial charge in [0.2, 0.25) is 5.91 Å². The van der Waals surface area contributed by atoms with Crippen LogP contribution >= 0.6 is 0 Å². The molecule has 0 fully saturated rings. The molecular weight excluding hydrogens is 242 g/mol. The Labute approximate surface area is 111 Å². The van der Waals surface area contributed by atoms with E-state index in [0.717, 1.165) is 24.2 Å².